The molecule has 0 aliphatic heterocycles. The molecule has 2 aromatic rings. The van der Waals surface area contributed by atoms with Gasteiger partial charge in [0, 0.05) is 24.4 Å². The van der Waals surface area contributed by atoms with Crippen LogP contribution in [0.2, 0.25) is 0 Å². The summed E-state index contributed by atoms with van der Waals surface area (Å²) in [5.41, 5.74) is 1.12. The van der Waals surface area contributed by atoms with E-state index in [4.69, 9.17) is 4.74 Å². The number of urea groups is 1. The minimum absolute atomic E-state index is 0.259. The first kappa shape index (κ1) is 17.3. The summed E-state index contributed by atoms with van der Waals surface area (Å²) in [4.78, 5) is 23.9. The third kappa shape index (κ3) is 4.74. The highest BCUT2D eigenvalue weighted by molar-refractivity contribution is 7.15. The van der Waals surface area contributed by atoms with Gasteiger partial charge in [0.25, 0.3) is 5.91 Å². The molecule has 1 atom stereocenters. The number of aromatic nitrogens is 2. The second-order valence-corrected chi connectivity index (χ2v) is 6.76. The molecule has 0 saturated heterocycles. The summed E-state index contributed by atoms with van der Waals surface area (Å²) in [5.74, 6) is 0.247. The summed E-state index contributed by atoms with van der Waals surface area (Å²) in [7, 11) is 1.47. The highest BCUT2D eigenvalue weighted by Gasteiger charge is 2.27. The van der Waals surface area contributed by atoms with Crippen LogP contribution in [0.25, 0.3) is 0 Å². The zero-order valence-corrected chi connectivity index (χ0v) is 14.7. The van der Waals surface area contributed by atoms with Gasteiger partial charge in [-0.2, -0.15) is 0 Å². The number of nitrogens with zero attached hydrogens (tertiary/aromatic N) is 2. The summed E-state index contributed by atoms with van der Waals surface area (Å²) < 4.78 is 4.97. The molecule has 1 unspecified atom stereocenters. The van der Waals surface area contributed by atoms with Gasteiger partial charge < -0.3 is 15.4 Å². The van der Waals surface area contributed by atoms with Crippen LogP contribution in [0.4, 0.5) is 21.3 Å². The molecule has 9 heteroatoms. The van der Waals surface area contributed by atoms with Crippen LogP contribution in [0, 0.1) is 0 Å². The fraction of sp³-hybridized carbons (Fsp3) is 0.375. The van der Waals surface area contributed by atoms with E-state index >= 15 is 0 Å². The second-order valence-electron chi connectivity index (χ2n) is 5.75. The molecular formula is C16H19N5O3S. The Hall–Kier alpha value is -2.52. The largest absolute Gasteiger partial charge is 0.372 e. The summed E-state index contributed by atoms with van der Waals surface area (Å²) in [5, 5.41) is 17.6. The van der Waals surface area contributed by atoms with E-state index in [0.717, 1.165) is 17.8 Å². The van der Waals surface area contributed by atoms with Crippen molar-refractivity contribution in [1.29, 1.82) is 0 Å². The number of carbonyl (C=O) groups excluding carboxylic acids is 2. The molecule has 132 valence electrons. The van der Waals surface area contributed by atoms with Crippen LogP contribution in [0.3, 0.4) is 0 Å². The minimum atomic E-state index is -0.557. The highest BCUT2D eigenvalue weighted by atomic mass is 32.1. The summed E-state index contributed by atoms with van der Waals surface area (Å²) in [6, 6.07) is 6.45. The highest BCUT2D eigenvalue weighted by Crippen LogP contribution is 2.42. The van der Waals surface area contributed by atoms with Crippen LogP contribution >= 0.6 is 11.3 Å². The fourth-order valence-electron chi connectivity index (χ4n) is 2.07. The third-order valence-electron chi connectivity index (χ3n) is 3.70. The molecule has 8 nitrogen and oxygen atoms in total. The van der Waals surface area contributed by atoms with Gasteiger partial charge in [0.15, 0.2) is 0 Å². The molecule has 1 heterocycles. The first-order chi connectivity index (χ1) is 12.0. The number of rotatable bonds is 6. The average molecular weight is 361 g/mol. The Balaban J connectivity index is 1.57. The minimum Gasteiger partial charge on any atom is -0.372 e. The van der Waals surface area contributed by atoms with Crippen LogP contribution in [0.15, 0.2) is 24.3 Å². The lowest BCUT2D eigenvalue weighted by Gasteiger charge is -2.11. The molecule has 3 rings (SSSR count). The van der Waals surface area contributed by atoms with Crippen molar-refractivity contribution in [3.63, 3.8) is 0 Å². The molecular weight excluding hydrogens is 342 g/mol. The van der Waals surface area contributed by atoms with E-state index in [-0.39, 0.29) is 5.91 Å². The molecule has 1 fully saturated rings. The number of amides is 3. The maximum Gasteiger partial charge on any atom is 0.325 e. The SMILES string of the molecule is COC(C)C(=O)Nc1cccc(NC(=O)Nc2nnc(C3CC3)s2)c1. The van der Waals surface area contributed by atoms with E-state index in [2.05, 4.69) is 26.1 Å². The first-order valence-electron chi connectivity index (χ1n) is 7.90. The van der Waals surface area contributed by atoms with Crippen molar-refractivity contribution < 1.29 is 14.3 Å². The molecule has 25 heavy (non-hydrogen) atoms. The van der Waals surface area contributed by atoms with Gasteiger partial charge in [-0.3, -0.25) is 10.1 Å². The van der Waals surface area contributed by atoms with Crippen molar-refractivity contribution in [2.45, 2.75) is 31.8 Å². The van der Waals surface area contributed by atoms with Crippen LogP contribution < -0.4 is 16.0 Å². The van der Waals surface area contributed by atoms with Crippen molar-refractivity contribution in [2.24, 2.45) is 0 Å². The Morgan fingerprint density at radius 2 is 1.92 bits per heavy atom. The van der Waals surface area contributed by atoms with Gasteiger partial charge in [-0.25, -0.2) is 4.79 Å². The topological polar surface area (TPSA) is 105 Å². The van der Waals surface area contributed by atoms with Gasteiger partial charge >= 0.3 is 6.03 Å². The number of ether oxygens (including phenoxy) is 1. The summed E-state index contributed by atoms with van der Waals surface area (Å²) in [6.45, 7) is 1.66. The first-order valence-corrected chi connectivity index (χ1v) is 8.72. The number of hydrogen-bond acceptors (Lipinski definition) is 6. The van der Waals surface area contributed by atoms with E-state index in [1.165, 1.54) is 18.4 Å². The van der Waals surface area contributed by atoms with Gasteiger partial charge in [0.05, 0.1) is 0 Å². The number of carbonyl (C=O) groups is 2. The number of methoxy groups -OCH3 is 1. The van der Waals surface area contributed by atoms with Crippen LogP contribution in [-0.2, 0) is 9.53 Å². The molecule has 0 radical (unpaired) electrons. The third-order valence-corrected chi connectivity index (χ3v) is 4.70. The lowest BCUT2D eigenvalue weighted by Crippen LogP contribution is -2.26. The quantitative estimate of drug-likeness (QED) is 0.733. The predicted octanol–water partition coefficient (Wildman–Crippen LogP) is 3.03. The average Bonchev–Trinajstić information content (AvgIpc) is 3.34. The van der Waals surface area contributed by atoms with E-state index in [1.54, 1.807) is 31.2 Å². The Labute approximate surface area is 149 Å². The fourth-order valence-corrected chi connectivity index (χ4v) is 2.97. The van der Waals surface area contributed by atoms with E-state index in [1.807, 2.05) is 0 Å². The Bertz CT molecular complexity index is 775. The summed E-state index contributed by atoms with van der Waals surface area (Å²) in [6.07, 6.45) is 1.72. The van der Waals surface area contributed by atoms with Crippen molar-refractivity contribution in [2.75, 3.05) is 23.1 Å². The molecule has 0 bridgehead atoms. The Morgan fingerprint density at radius 1 is 1.20 bits per heavy atom. The lowest BCUT2D eigenvalue weighted by molar-refractivity contribution is -0.124. The standard InChI is InChI=1S/C16H19N5O3S/c1-9(24-2)13(22)17-11-4-3-5-12(8-11)18-15(23)19-16-21-20-14(25-16)10-6-7-10/h3-5,8-10H,6-7H2,1-2H3,(H,17,22)(H2,18,19,21,23). The van der Waals surface area contributed by atoms with Crippen LogP contribution in [-0.4, -0.2) is 35.3 Å². The van der Waals surface area contributed by atoms with E-state index < -0.39 is 12.1 Å². The van der Waals surface area contributed by atoms with E-state index in [0.29, 0.717) is 22.4 Å². The molecule has 1 aliphatic carbocycles. The van der Waals surface area contributed by atoms with Gasteiger partial charge in [-0.15, -0.1) is 10.2 Å². The molecule has 1 aliphatic rings. The van der Waals surface area contributed by atoms with Crippen molar-refractivity contribution in [1.82, 2.24) is 10.2 Å². The molecule has 1 aromatic carbocycles. The molecule has 3 N–H and O–H groups in total. The molecule has 0 spiro atoms. The maximum absolute atomic E-state index is 12.1. The number of nitrogens with one attached hydrogen (secondary N) is 3. The van der Waals surface area contributed by atoms with Crippen molar-refractivity contribution >= 4 is 39.8 Å². The van der Waals surface area contributed by atoms with Crippen LogP contribution in [0.1, 0.15) is 30.7 Å². The number of anilines is 3. The lowest BCUT2D eigenvalue weighted by atomic mass is 10.2. The molecule has 1 saturated carbocycles. The zero-order chi connectivity index (χ0) is 17.8. The van der Waals surface area contributed by atoms with Gasteiger partial charge in [-0.1, -0.05) is 17.4 Å². The molecule has 3 amide bonds. The number of hydrogen-bond donors (Lipinski definition) is 3. The number of benzene rings is 1. The summed E-state index contributed by atoms with van der Waals surface area (Å²) >= 11 is 1.39. The van der Waals surface area contributed by atoms with Gasteiger partial charge in [0.1, 0.15) is 11.1 Å². The maximum atomic E-state index is 12.1. The van der Waals surface area contributed by atoms with Crippen molar-refractivity contribution in [3.05, 3.63) is 29.3 Å². The zero-order valence-electron chi connectivity index (χ0n) is 13.9. The Morgan fingerprint density at radius 3 is 2.60 bits per heavy atom. The normalized spacial score (nSPS) is 14.6. The van der Waals surface area contributed by atoms with E-state index in [9.17, 15) is 9.59 Å². The predicted molar refractivity (Wildman–Crippen MR) is 96.1 cm³/mol. The monoisotopic (exact) mass is 361 g/mol. The van der Waals surface area contributed by atoms with Gasteiger partial charge in [-0.05, 0) is 38.0 Å². The van der Waals surface area contributed by atoms with Gasteiger partial charge in [0.2, 0.25) is 5.13 Å². The molecule has 1 aromatic heterocycles. The Kier molecular flexibility index (Phi) is 5.25. The second kappa shape index (κ2) is 7.58. The van der Waals surface area contributed by atoms with Crippen molar-refractivity contribution in [3.8, 4) is 0 Å². The smallest absolute Gasteiger partial charge is 0.325 e. The van der Waals surface area contributed by atoms with Crippen LogP contribution in [0.5, 0.6) is 0 Å².